The van der Waals surface area contributed by atoms with Gasteiger partial charge >= 0.3 is 0 Å². The second-order valence-corrected chi connectivity index (χ2v) is 3.18. The molecule has 0 bridgehead atoms. The molecule has 68 valence electrons. The van der Waals surface area contributed by atoms with Crippen LogP contribution in [0.25, 0.3) is 11.1 Å². The molecule has 0 atom stereocenters. The summed E-state index contributed by atoms with van der Waals surface area (Å²) < 4.78 is 0. The van der Waals surface area contributed by atoms with Crippen LogP contribution < -0.4 is 0 Å². The van der Waals surface area contributed by atoms with Gasteiger partial charge < -0.3 is 0 Å². The van der Waals surface area contributed by atoms with E-state index in [9.17, 15) is 0 Å². The molecule has 2 aromatic rings. The predicted molar refractivity (Wildman–Crippen MR) is 62.4 cm³/mol. The highest BCUT2D eigenvalue weighted by molar-refractivity contribution is 5.75. The summed E-state index contributed by atoms with van der Waals surface area (Å²) in [6.45, 7) is 2.14. The molecule has 2 rings (SSSR count). The van der Waals surface area contributed by atoms with Gasteiger partial charge in [0.2, 0.25) is 0 Å². The highest BCUT2D eigenvalue weighted by atomic mass is 28.1. The molecule has 0 aliphatic rings. The van der Waals surface area contributed by atoms with Crippen LogP contribution in [0.4, 0.5) is 0 Å². The van der Waals surface area contributed by atoms with Crippen molar-refractivity contribution >= 4 is 11.0 Å². The second-order valence-electron chi connectivity index (χ2n) is 3.18. The van der Waals surface area contributed by atoms with E-state index in [0.717, 1.165) is 0 Å². The van der Waals surface area contributed by atoms with E-state index in [0.29, 0.717) is 0 Å². The van der Waals surface area contributed by atoms with E-state index in [-0.39, 0.29) is 11.0 Å². The van der Waals surface area contributed by atoms with Crippen LogP contribution in [0, 0.1) is 6.92 Å². The summed E-state index contributed by atoms with van der Waals surface area (Å²) in [5.74, 6) is 0. The molecule has 4 radical (unpaired) electrons. The Morgan fingerprint density at radius 3 is 1.93 bits per heavy atom. The van der Waals surface area contributed by atoms with E-state index in [2.05, 4.69) is 55.5 Å². The fourth-order valence-corrected chi connectivity index (χ4v) is 1.51. The summed E-state index contributed by atoms with van der Waals surface area (Å²) in [7, 11) is 0. The van der Waals surface area contributed by atoms with E-state index in [1.165, 1.54) is 16.7 Å². The zero-order chi connectivity index (χ0) is 9.10. The minimum Gasteiger partial charge on any atom is -0.0622 e. The maximum absolute atomic E-state index is 2.16. The van der Waals surface area contributed by atoms with Gasteiger partial charge in [0.25, 0.3) is 0 Å². The van der Waals surface area contributed by atoms with Crippen LogP contribution in [0.2, 0.25) is 0 Å². The first-order chi connectivity index (χ1) is 6.38. The summed E-state index contributed by atoms with van der Waals surface area (Å²) in [5.41, 5.74) is 3.94. The molecule has 0 spiro atoms. The first-order valence-corrected chi connectivity index (χ1v) is 4.49. The molecule has 14 heavy (non-hydrogen) atoms. The normalized spacial score (nSPS) is 9.21. The smallest absolute Gasteiger partial charge is 0 e. The molecule has 0 nitrogen and oxygen atoms in total. The number of hydrogen-bond donors (Lipinski definition) is 0. The van der Waals surface area contributed by atoms with Gasteiger partial charge in [-0.15, -0.1) is 0 Å². The van der Waals surface area contributed by atoms with Crippen molar-refractivity contribution in [1.29, 1.82) is 0 Å². The average Bonchev–Trinajstić information content (AvgIpc) is 2.20. The zero-order valence-electron chi connectivity index (χ0n) is 8.20. The third kappa shape index (κ3) is 2.12. The lowest BCUT2D eigenvalue weighted by Gasteiger charge is -2.04. The molecule has 0 fully saturated rings. The molecule has 0 aromatic heterocycles. The standard InChI is InChI=1S/C13H12.Si/c1-11-7-5-6-10-13(11)12-8-3-2-4-9-12;/h2-10H,1H3;. The molecule has 0 unspecified atom stereocenters. The van der Waals surface area contributed by atoms with Crippen LogP contribution in [0.3, 0.4) is 0 Å². The van der Waals surface area contributed by atoms with Crippen molar-refractivity contribution in [3.8, 4) is 11.1 Å². The number of aryl methyl sites for hydroxylation is 1. The topological polar surface area (TPSA) is 0 Å². The predicted octanol–water partition coefficient (Wildman–Crippen LogP) is 3.28. The maximum atomic E-state index is 2.16. The summed E-state index contributed by atoms with van der Waals surface area (Å²) in [5, 5.41) is 0. The Bertz CT molecular complexity index is 393. The summed E-state index contributed by atoms with van der Waals surface area (Å²) in [6, 6.07) is 18.9. The van der Waals surface area contributed by atoms with Crippen LogP contribution in [-0.2, 0) is 0 Å². The van der Waals surface area contributed by atoms with Crippen molar-refractivity contribution in [1.82, 2.24) is 0 Å². The van der Waals surface area contributed by atoms with Gasteiger partial charge in [-0.3, -0.25) is 0 Å². The van der Waals surface area contributed by atoms with Crippen LogP contribution in [0.15, 0.2) is 54.6 Å². The lowest BCUT2D eigenvalue weighted by molar-refractivity contribution is 1.46. The minimum atomic E-state index is 0. The Morgan fingerprint density at radius 1 is 0.714 bits per heavy atom. The molecule has 0 aliphatic carbocycles. The highest BCUT2D eigenvalue weighted by Gasteiger charge is 1.97. The average molecular weight is 196 g/mol. The lowest BCUT2D eigenvalue weighted by Crippen LogP contribution is -1.80. The van der Waals surface area contributed by atoms with E-state index in [1.54, 1.807) is 0 Å². The van der Waals surface area contributed by atoms with Gasteiger partial charge in [-0.25, -0.2) is 0 Å². The van der Waals surface area contributed by atoms with Gasteiger partial charge in [0.1, 0.15) is 0 Å². The largest absolute Gasteiger partial charge is 0.0622 e. The van der Waals surface area contributed by atoms with Crippen LogP contribution >= 0.6 is 0 Å². The second kappa shape index (κ2) is 4.77. The van der Waals surface area contributed by atoms with Crippen molar-refractivity contribution in [3.63, 3.8) is 0 Å². The first-order valence-electron chi connectivity index (χ1n) is 4.49. The van der Waals surface area contributed by atoms with Gasteiger partial charge in [0.05, 0.1) is 0 Å². The fourth-order valence-electron chi connectivity index (χ4n) is 1.51. The fraction of sp³-hybridized carbons (Fsp3) is 0.0769. The highest BCUT2D eigenvalue weighted by Crippen LogP contribution is 2.21. The first kappa shape index (κ1) is 10.7. The van der Waals surface area contributed by atoms with Crippen molar-refractivity contribution in [3.05, 3.63) is 60.2 Å². The number of rotatable bonds is 1. The van der Waals surface area contributed by atoms with Gasteiger partial charge in [0.15, 0.2) is 0 Å². The van der Waals surface area contributed by atoms with E-state index in [4.69, 9.17) is 0 Å². The molecule has 2 aromatic carbocycles. The van der Waals surface area contributed by atoms with E-state index >= 15 is 0 Å². The van der Waals surface area contributed by atoms with Crippen LogP contribution in [0.5, 0.6) is 0 Å². The van der Waals surface area contributed by atoms with E-state index < -0.39 is 0 Å². The number of hydrogen-bond acceptors (Lipinski definition) is 0. The molecule has 0 amide bonds. The molecule has 0 N–H and O–H groups in total. The zero-order valence-corrected chi connectivity index (χ0v) is 9.20. The van der Waals surface area contributed by atoms with Crippen molar-refractivity contribution in [2.45, 2.75) is 6.92 Å². The quantitative estimate of drug-likeness (QED) is 0.614. The molecule has 1 heteroatoms. The van der Waals surface area contributed by atoms with Crippen LogP contribution in [-0.4, -0.2) is 11.0 Å². The Labute approximate surface area is 89.6 Å². The van der Waals surface area contributed by atoms with Gasteiger partial charge in [-0.1, -0.05) is 54.6 Å². The Kier molecular flexibility index (Phi) is 3.66. The van der Waals surface area contributed by atoms with Crippen LogP contribution in [0.1, 0.15) is 5.56 Å². The Balaban J connectivity index is 0.000000980. The summed E-state index contributed by atoms with van der Waals surface area (Å²) in [4.78, 5) is 0. The SMILES string of the molecule is Cc1ccccc1-c1ccccc1.[Si]. The number of benzene rings is 2. The Hall–Kier alpha value is -1.34. The third-order valence-corrected chi connectivity index (χ3v) is 2.23. The van der Waals surface area contributed by atoms with Gasteiger partial charge in [-0.2, -0.15) is 0 Å². The molecular weight excluding hydrogens is 184 g/mol. The van der Waals surface area contributed by atoms with Crippen molar-refractivity contribution < 1.29 is 0 Å². The third-order valence-electron chi connectivity index (χ3n) is 2.23. The molecule has 0 saturated carbocycles. The minimum absolute atomic E-state index is 0. The Morgan fingerprint density at radius 2 is 1.29 bits per heavy atom. The van der Waals surface area contributed by atoms with E-state index in [1.807, 2.05) is 6.07 Å². The molecule has 0 aliphatic heterocycles. The monoisotopic (exact) mass is 196 g/mol. The maximum Gasteiger partial charge on any atom is 0 e. The molecular formula is C13H12Si. The van der Waals surface area contributed by atoms with Crippen molar-refractivity contribution in [2.24, 2.45) is 0 Å². The summed E-state index contributed by atoms with van der Waals surface area (Å²) >= 11 is 0. The summed E-state index contributed by atoms with van der Waals surface area (Å²) in [6.07, 6.45) is 0. The van der Waals surface area contributed by atoms with Crippen molar-refractivity contribution in [2.75, 3.05) is 0 Å². The van der Waals surface area contributed by atoms with Gasteiger partial charge in [-0.05, 0) is 23.6 Å². The van der Waals surface area contributed by atoms with Gasteiger partial charge in [0, 0.05) is 11.0 Å². The molecule has 0 saturated heterocycles. The lowest BCUT2D eigenvalue weighted by atomic mass is 10.0. The molecule has 0 heterocycles.